The van der Waals surface area contributed by atoms with Gasteiger partial charge in [-0.2, -0.15) is 0 Å². The number of hydrogen-bond acceptors (Lipinski definition) is 7. The Hall–Kier alpha value is -3.91. The predicted octanol–water partition coefficient (Wildman–Crippen LogP) is 1.81. The van der Waals surface area contributed by atoms with Crippen LogP contribution in [0.5, 0.6) is 0 Å². The SMILES string of the molecule is CC(C)(N=C(N)N)C(=O)NC[C@@H](NC(=O)N[C@H](C(=O)N1C[C@]2(C[C@H]1C(=O)NC(CC1CCC1)C(=O)C(N)=O)C(C)(C)C21CCC1)C(C)(C)C)C(C)(C)C. The van der Waals surface area contributed by atoms with Gasteiger partial charge in [0.05, 0.1) is 12.1 Å². The smallest absolute Gasteiger partial charge is 0.315 e. The van der Waals surface area contributed by atoms with Crippen molar-refractivity contribution in [2.75, 3.05) is 13.1 Å². The van der Waals surface area contributed by atoms with Gasteiger partial charge < -0.3 is 43.4 Å². The fourth-order valence-corrected chi connectivity index (χ4v) is 9.30. The zero-order valence-electron chi connectivity index (χ0n) is 33.5. The molecule has 1 aliphatic heterocycles. The Kier molecular flexibility index (Phi) is 11.4. The second-order valence-electron chi connectivity index (χ2n) is 19.3. The van der Waals surface area contributed by atoms with E-state index in [0.717, 1.165) is 38.5 Å². The van der Waals surface area contributed by atoms with E-state index in [2.05, 4.69) is 40.1 Å². The van der Waals surface area contributed by atoms with Crippen molar-refractivity contribution in [3.8, 4) is 0 Å². The molecule has 1 saturated heterocycles. The lowest BCUT2D eigenvalue weighted by Gasteiger charge is -2.37. The average molecular weight is 744 g/mol. The normalized spacial score (nSPS) is 24.9. The lowest BCUT2D eigenvalue weighted by atomic mass is 9.73. The molecule has 5 atom stereocenters. The Bertz CT molecular complexity index is 1510. The summed E-state index contributed by atoms with van der Waals surface area (Å²) in [6.07, 6.45) is 6.69. The number of fused-ring (bicyclic) bond motifs is 1. The number of nitrogens with zero attached hydrogens (tertiary/aromatic N) is 2. The number of amides is 6. The van der Waals surface area contributed by atoms with Crippen LogP contribution in [0.2, 0.25) is 0 Å². The van der Waals surface area contributed by atoms with Crippen molar-refractivity contribution < 1.29 is 28.8 Å². The number of ketones is 1. The zero-order chi connectivity index (χ0) is 40.1. The number of nitrogens with one attached hydrogen (secondary N) is 4. The van der Waals surface area contributed by atoms with E-state index < -0.39 is 76.0 Å². The standard InChI is InChI=1S/C38H65N9O6/c1-33(2,3)24(19-42-30(52)35(7,8)46-31(40)41)44-32(53)45-26(34(4,5)6)29(51)47-20-38(36(9,10)37(38)15-12-16-37)18-23(47)28(50)43-22(25(48)27(39)49)17-21-13-11-14-21/h21-24,26H,11-20H2,1-10H3,(H2,39,49)(H,42,52)(H,43,50)(H4,40,41,46)(H2,44,45,53)/t22?,23-,24+,26+,38+/m0/s1. The molecule has 0 bridgehead atoms. The van der Waals surface area contributed by atoms with E-state index in [1.165, 1.54) is 0 Å². The Labute approximate surface area is 314 Å². The summed E-state index contributed by atoms with van der Waals surface area (Å²) in [5, 5.41) is 11.5. The first-order valence-electron chi connectivity index (χ1n) is 19.1. The third-order valence-corrected chi connectivity index (χ3v) is 13.2. The van der Waals surface area contributed by atoms with E-state index >= 15 is 0 Å². The van der Waals surface area contributed by atoms with Crippen molar-refractivity contribution in [3.05, 3.63) is 0 Å². The van der Waals surface area contributed by atoms with Crippen LogP contribution in [0.15, 0.2) is 4.99 Å². The maximum absolute atomic E-state index is 14.8. The molecule has 3 saturated carbocycles. The fourth-order valence-electron chi connectivity index (χ4n) is 9.30. The molecule has 2 spiro atoms. The Morgan fingerprint density at radius 3 is 1.87 bits per heavy atom. The minimum absolute atomic E-state index is 0.00405. The highest BCUT2D eigenvalue weighted by molar-refractivity contribution is 6.37. The molecule has 0 aromatic heterocycles. The van der Waals surface area contributed by atoms with Gasteiger partial charge >= 0.3 is 6.03 Å². The average Bonchev–Trinajstić information content (AvgIpc) is 3.19. The van der Waals surface area contributed by atoms with Crippen molar-refractivity contribution in [2.24, 2.45) is 55.2 Å². The Balaban J connectivity index is 1.58. The first kappa shape index (κ1) is 41.8. The molecule has 4 rings (SSSR count). The molecule has 15 heteroatoms. The van der Waals surface area contributed by atoms with Crippen LogP contribution >= 0.6 is 0 Å². The number of aliphatic imine (C=N–C) groups is 1. The molecule has 6 amide bonds. The van der Waals surface area contributed by atoms with E-state index in [0.29, 0.717) is 19.4 Å². The summed E-state index contributed by atoms with van der Waals surface area (Å²) in [4.78, 5) is 86.3. The minimum Gasteiger partial charge on any atom is -0.370 e. The third-order valence-electron chi connectivity index (χ3n) is 13.2. The van der Waals surface area contributed by atoms with Gasteiger partial charge in [-0.15, -0.1) is 0 Å². The predicted molar refractivity (Wildman–Crippen MR) is 202 cm³/mol. The molecule has 10 N–H and O–H groups in total. The van der Waals surface area contributed by atoms with Gasteiger partial charge in [-0.1, -0.05) is 81.1 Å². The molecule has 0 aromatic carbocycles. The van der Waals surface area contributed by atoms with Gasteiger partial charge in [-0.3, -0.25) is 24.0 Å². The van der Waals surface area contributed by atoms with Crippen LogP contribution in [0.25, 0.3) is 0 Å². The van der Waals surface area contributed by atoms with Crippen LogP contribution in [-0.2, 0) is 24.0 Å². The maximum Gasteiger partial charge on any atom is 0.315 e. The highest BCUT2D eigenvalue weighted by Gasteiger charge is 2.85. The number of guanidine groups is 1. The molecule has 3 aliphatic carbocycles. The zero-order valence-corrected chi connectivity index (χ0v) is 33.5. The van der Waals surface area contributed by atoms with Crippen LogP contribution in [0.4, 0.5) is 4.79 Å². The molecule has 1 heterocycles. The number of primary amides is 1. The van der Waals surface area contributed by atoms with Crippen LogP contribution in [0.1, 0.15) is 121 Å². The van der Waals surface area contributed by atoms with Crippen molar-refractivity contribution in [1.82, 2.24) is 26.2 Å². The monoisotopic (exact) mass is 744 g/mol. The Morgan fingerprint density at radius 1 is 0.830 bits per heavy atom. The fraction of sp³-hybridized carbons (Fsp3) is 0.816. The minimum atomic E-state index is -1.23. The van der Waals surface area contributed by atoms with Crippen LogP contribution in [0, 0.1) is 33.0 Å². The number of hydrogen-bond donors (Lipinski definition) is 7. The molecule has 4 aliphatic rings. The van der Waals surface area contributed by atoms with Crippen LogP contribution in [-0.4, -0.2) is 89.1 Å². The van der Waals surface area contributed by atoms with Crippen molar-refractivity contribution >= 4 is 41.4 Å². The summed E-state index contributed by atoms with van der Waals surface area (Å²) in [5.74, 6) is -3.29. The molecule has 4 fully saturated rings. The topological polar surface area (TPSA) is 244 Å². The molecular formula is C38H65N9O6. The summed E-state index contributed by atoms with van der Waals surface area (Å²) >= 11 is 0. The number of Topliss-reactive ketones (excluding diaryl/α,β-unsaturated/α-hetero) is 1. The highest BCUT2D eigenvalue weighted by Crippen LogP contribution is 2.88. The largest absolute Gasteiger partial charge is 0.370 e. The molecule has 1 unspecified atom stereocenters. The van der Waals surface area contributed by atoms with Crippen LogP contribution in [0.3, 0.4) is 0 Å². The highest BCUT2D eigenvalue weighted by atomic mass is 16.2. The maximum atomic E-state index is 14.8. The summed E-state index contributed by atoms with van der Waals surface area (Å²) in [5.41, 5.74) is 13.5. The van der Waals surface area contributed by atoms with E-state index in [-0.39, 0.29) is 34.7 Å². The number of carbonyl (C=O) groups is 6. The number of likely N-dealkylation sites (tertiary alicyclic amines) is 1. The summed E-state index contributed by atoms with van der Waals surface area (Å²) in [6.45, 7) is 19.3. The van der Waals surface area contributed by atoms with Gasteiger partial charge in [0.15, 0.2) is 5.96 Å². The van der Waals surface area contributed by atoms with E-state index in [1.54, 1.807) is 18.7 Å². The third kappa shape index (κ3) is 7.99. The number of carbonyl (C=O) groups excluding carboxylic acids is 6. The lowest BCUT2D eigenvalue weighted by Crippen LogP contribution is -2.62. The molecule has 15 nitrogen and oxygen atoms in total. The summed E-state index contributed by atoms with van der Waals surface area (Å²) in [7, 11) is 0. The first-order chi connectivity index (χ1) is 24.2. The molecule has 298 valence electrons. The van der Waals surface area contributed by atoms with Crippen LogP contribution < -0.4 is 38.5 Å². The van der Waals surface area contributed by atoms with Crippen molar-refractivity contribution in [2.45, 2.75) is 150 Å². The molecular weight excluding hydrogens is 678 g/mol. The quantitative estimate of drug-likeness (QED) is 0.0831. The van der Waals surface area contributed by atoms with E-state index in [1.807, 2.05) is 41.5 Å². The van der Waals surface area contributed by atoms with Gasteiger partial charge in [-0.05, 0) is 67.1 Å². The molecule has 0 radical (unpaired) electrons. The van der Waals surface area contributed by atoms with E-state index in [9.17, 15) is 28.8 Å². The second kappa shape index (κ2) is 14.4. The number of urea groups is 1. The van der Waals surface area contributed by atoms with Gasteiger partial charge in [0.2, 0.25) is 23.5 Å². The molecule has 0 aromatic rings. The lowest BCUT2D eigenvalue weighted by molar-refractivity contribution is -0.143. The van der Waals surface area contributed by atoms with Crippen molar-refractivity contribution in [3.63, 3.8) is 0 Å². The number of nitrogens with two attached hydrogens (primary N) is 3. The molecule has 53 heavy (non-hydrogen) atoms. The van der Waals surface area contributed by atoms with Gasteiger partial charge in [0.25, 0.3) is 5.91 Å². The van der Waals surface area contributed by atoms with E-state index in [4.69, 9.17) is 17.2 Å². The summed E-state index contributed by atoms with van der Waals surface area (Å²) in [6, 6.07) is -4.19. The van der Waals surface area contributed by atoms with Crippen molar-refractivity contribution in [1.29, 1.82) is 0 Å². The Morgan fingerprint density at radius 2 is 1.43 bits per heavy atom. The van der Waals surface area contributed by atoms with Gasteiger partial charge in [0, 0.05) is 18.5 Å². The van der Waals surface area contributed by atoms with Gasteiger partial charge in [0.1, 0.15) is 17.6 Å². The first-order valence-corrected chi connectivity index (χ1v) is 19.1. The second-order valence-corrected chi connectivity index (χ2v) is 19.3. The van der Waals surface area contributed by atoms with Gasteiger partial charge in [-0.25, -0.2) is 9.79 Å². The summed E-state index contributed by atoms with van der Waals surface area (Å²) < 4.78 is 0. The number of rotatable bonds is 13.